The van der Waals surface area contributed by atoms with Crippen LogP contribution in [0.5, 0.6) is 5.75 Å². The fraction of sp³-hybridized carbons (Fsp3) is 0.300. The number of anilines is 2. The first-order chi connectivity index (χ1) is 12.5. The molecule has 0 fully saturated rings. The summed E-state index contributed by atoms with van der Waals surface area (Å²) in [4.78, 5) is 24.0. The fourth-order valence-corrected chi connectivity index (χ4v) is 2.71. The van der Waals surface area contributed by atoms with E-state index < -0.39 is 0 Å². The summed E-state index contributed by atoms with van der Waals surface area (Å²) in [5.41, 5.74) is 1.78. The minimum Gasteiger partial charge on any atom is -0.492 e. The van der Waals surface area contributed by atoms with E-state index in [1.165, 1.54) is 0 Å². The van der Waals surface area contributed by atoms with Crippen molar-refractivity contribution in [2.45, 2.75) is 33.1 Å². The second-order valence-electron chi connectivity index (χ2n) is 5.78. The molecule has 6 heteroatoms. The summed E-state index contributed by atoms with van der Waals surface area (Å²) in [7, 11) is 0. The SMILES string of the molecule is CCCCOc1ccc(C(=O)Nc2cccc(NC(=O)CC)c2)cc1Br. The van der Waals surface area contributed by atoms with E-state index in [9.17, 15) is 9.59 Å². The maximum atomic E-state index is 12.5. The van der Waals surface area contributed by atoms with Gasteiger partial charge in [0.1, 0.15) is 5.75 Å². The van der Waals surface area contributed by atoms with Crippen LogP contribution in [0, 0.1) is 0 Å². The molecule has 0 heterocycles. The third-order valence-corrected chi connectivity index (χ3v) is 4.29. The standard InChI is InChI=1S/C20H23BrN2O3/c1-3-5-11-26-18-10-9-14(12-17(18)21)20(25)23-16-8-6-7-15(13-16)22-19(24)4-2/h6-10,12-13H,3-5,11H2,1-2H3,(H,22,24)(H,23,25). The van der Waals surface area contributed by atoms with Crippen molar-refractivity contribution in [2.75, 3.05) is 17.2 Å². The molecule has 0 spiro atoms. The number of carbonyl (C=O) groups excluding carboxylic acids is 2. The third kappa shape index (κ3) is 5.88. The summed E-state index contributed by atoms with van der Waals surface area (Å²) >= 11 is 3.45. The Hall–Kier alpha value is -2.34. The zero-order valence-electron chi connectivity index (χ0n) is 15.0. The van der Waals surface area contributed by atoms with Gasteiger partial charge in [-0.25, -0.2) is 0 Å². The molecule has 2 aromatic rings. The van der Waals surface area contributed by atoms with Gasteiger partial charge in [0.15, 0.2) is 0 Å². The quantitative estimate of drug-likeness (QED) is 0.576. The van der Waals surface area contributed by atoms with Gasteiger partial charge in [0, 0.05) is 23.4 Å². The lowest BCUT2D eigenvalue weighted by atomic mass is 10.2. The summed E-state index contributed by atoms with van der Waals surface area (Å²) in [5, 5.41) is 5.61. The monoisotopic (exact) mass is 418 g/mol. The van der Waals surface area contributed by atoms with Gasteiger partial charge in [-0.2, -0.15) is 0 Å². The second kappa shape index (κ2) is 9.97. The highest BCUT2D eigenvalue weighted by Crippen LogP contribution is 2.27. The number of hydrogen-bond donors (Lipinski definition) is 2. The van der Waals surface area contributed by atoms with E-state index in [2.05, 4.69) is 33.5 Å². The molecule has 5 nitrogen and oxygen atoms in total. The van der Waals surface area contributed by atoms with E-state index in [0.717, 1.165) is 23.1 Å². The highest BCUT2D eigenvalue weighted by Gasteiger charge is 2.10. The lowest BCUT2D eigenvalue weighted by molar-refractivity contribution is -0.115. The lowest BCUT2D eigenvalue weighted by Gasteiger charge is -2.11. The molecule has 0 unspecified atom stereocenters. The van der Waals surface area contributed by atoms with Crippen molar-refractivity contribution in [3.63, 3.8) is 0 Å². The minimum absolute atomic E-state index is 0.0731. The minimum atomic E-state index is -0.232. The van der Waals surface area contributed by atoms with Gasteiger partial charge in [-0.1, -0.05) is 26.3 Å². The number of nitrogens with one attached hydrogen (secondary N) is 2. The lowest BCUT2D eigenvalue weighted by Crippen LogP contribution is -2.13. The summed E-state index contributed by atoms with van der Waals surface area (Å²) in [6.45, 7) is 4.54. The second-order valence-corrected chi connectivity index (χ2v) is 6.64. The molecule has 2 N–H and O–H groups in total. The molecule has 2 rings (SSSR count). The Morgan fingerprint density at radius 2 is 1.77 bits per heavy atom. The van der Waals surface area contributed by atoms with Gasteiger partial charge in [0.25, 0.3) is 5.91 Å². The predicted molar refractivity (Wildman–Crippen MR) is 108 cm³/mol. The van der Waals surface area contributed by atoms with Gasteiger partial charge in [0.05, 0.1) is 11.1 Å². The van der Waals surface area contributed by atoms with Crippen LogP contribution in [0.25, 0.3) is 0 Å². The van der Waals surface area contributed by atoms with E-state index in [-0.39, 0.29) is 11.8 Å². The van der Waals surface area contributed by atoms with Crippen LogP contribution in [0.15, 0.2) is 46.9 Å². The van der Waals surface area contributed by atoms with Crippen molar-refractivity contribution in [1.29, 1.82) is 0 Å². The van der Waals surface area contributed by atoms with Crippen molar-refractivity contribution in [3.8, 4) is 5.75 Å². The average molecular weight is 419 g/mol. The topological polar surface area (TPSA) is 67.4 Å². The molecular weight excluding hydrogens is 396 g/mol. The molecule has 0 saturated heterocycles. The molecule has 0 bridgehead atoms. The van der Waals surface area contributed by atoms with Crippen molar-refractivity contribution in [2.24, 2.45) is 0 Å². The van der Waals surface area contributed by atoms with Gasteiger partial charge in [-0.05, 0) is 58.7 Å². The van der Waals surface area contributed by atoms with Crippen molar-refractivity contribution >= 4 is 39.1 Å². The highest BCUT2D eigenvalue weighted by molar-refractivity contribution is 9.10. The van der Waals surface area contributed by atoms with Gasteiger partial charge in [-0.3, -0.25) is 9.59 Å². The maximum absolute atomic E-state index is 12.5. The normalized spacial score (nSPS) is 10.3. The van der Waals surface area contributed by atoms with E-state index in [4.69, 9.17) is 4.74 Å². The number of ether oxygens (including phenoxy) is 1. The summed E-state index contributed by atoms with van der Waals surface area (Å²) in [6, 6.07) is 12.3. The number of carbonyl (C=O) groups is 2. The Balaban J connectivity index is 2.04. The number of benzene rings is 2. The number of halogens is 1. The molecule has 0 saturated carbocycles. The van der Waals surface area contributed by atoms with Crippen LogP contribution in [0.3, 0.4) is 0 Å². The van der Waals surface area contributed by atoms with Crippen LogP contribution in [0.2, 0.25) is 0 Å². The summed E-state index contributed by atoms with van der Waals surface area (Å²) in [5.74, 6) is 0.417. The van der Waals surface area contributed by atoms with Crippen molar-refractivity contribution in [1.82, 2.24) is 0 Å². The van der Waals surface area contributed by atoms with Crippen molar-refractivity contribution < 1.29 is 14.3 Å². The highest BCUT2D eigenvalue weighted by atomic mass is 79.9. The molecule has 0 aromatic heterocycles. The van der Waals surface area contributed by atoms with E-state index in [1.54, 1.807) is 49.4 Å². The first-order valence-electron chi connectivity index (χ1n) is 8.67. The van der Waals surface area contributed by atoms with Crippen molar-refractivity contribution in [3.05, 3.63) is 52.5 Å². The van der Waals surface area contributed by atoms with Crippen LogP contribution in [-0.4, -0.2) is 18.4 Å². The molecule has 26 heavy (non-hydrogen) atoms. The molecule has 0 aliphatic heterocycles. The average Bonchev–Trinajstić information content (AvgIpc) is 2.63. The zero-order chi connectivity index (χ0) is 18.9. The molecule has 0 aliphatic rings. The van der Waals surface area contributed by atoms with Gasteiger partial charge in [-0.15, -0.1) is 0 Å². The van der Waals surface area contributed by atoms with Crippen LogP contribution in [0.1, 0.15) is 43.5 Å². The van der Waals surface area contributed by atoms with Gasteiger partial charge >= 0.3 is 0 Å². The van der Waals surface area contributed by atoms with Gasteiger partial charge in [0.2, 0.25) is 5.91 Å². The number of amides is 2. The Morgan fingerprint density at radius 3 is 2.42 bits per heavy atom. The molecule has 0 atom stereocenters. The molecule has 2 aromatic carbocycles. The van der Waals surface area contributed by atoms with E-state index in [0.29, 0.717) is 30.0 Å². The van der Waals surface area contributed by atoms with Crippen LogP contribution < -0.4 is 15.4 Å². The molecular formula is C20H23BrN2O3. The first-order valence-corrected chi connectivity index (χ1v) is 9.46. The zero-order valence-corrected chi connectivity index (χ0v) is 16.6. The number of hydrogen-bond acceptors (Lipinski definition) is 3. The van der Waals surface area contributed by atoms with Crippen LogP contribution >= 0.6 is 15.9 Å². The Bertz CT molecular complexity index is 777. The van der Waals surface area contributed by atoms with Crippen LogP contribution in [0.4, 0.5) is 11.4 Å². The van der Waals surface area contributed by atoms with E-state index in [1.807, 2.05) is 0 Å². The Kier molecular flexibility index (Phi) is 7.66. The summed E-state index contributed by atoms with van der Waals surface area (Å²) in [6.07, 6.45) is 2.45. The smallest absolute Gasteiger partial charge is 0.255 e. The molecule has 2 amide bonds. The van der Waals surface area contributed by atoms with E-state index >= 15 is 0 Å². The molecule has 0 radical (unpaired) electrons. The Morgan fingerprint density at radius 1 is 1.04 bits per heavy atom. The summed E-state index contributed by atoms with van der Waals surface area (Å²) < 4.78 is 6.42. The maximum Gasteiger partial charge on any atom is 0.255 e. The number of unbranched alkanes of at least 4 members (excludes halogenated alkanes) is 1. The fourth-order valence-electron chi connectivity index (χ4n) is 2.21. The predicted octanol–water partition coefficient (Wildman–Crippen LogP) is 5.23. The largest absolute Gasteiger partial charge is 0.492 e. The van der Waals surface area contributed by atoms with Crippen LogP contribution in [-0.2, 0) is 4.79 Å². The van der Waals surface area contributed by atoms with Gasteiger partial charge < -0.3 is 15.4 Å². The molecule has 0 aliphatic carbocycles. The number of rotatable bonds is 8. The Labute approximate surface area is 162 Å². The molecule has 138 valence electrons. The third-order valence-electron chi connectivity index (χ3n) is 3.67. The first kappa shape index (κ1) is 20.0.